The largest absolute Gasteiger partial charge is 0.632 e. The number of hydrogen-bond acceptors (Lipinski definition) is 8. The average molecular weight is 409 g/mol. The van der Waals surface area contributed by atoms with Gasteiger partial charge >= 0.3 is 17.9 Å². The van der Waals surface area contributed by atoms with Crippen molar-refractivity contribution in [3.63, 3.8) is 0 Å². The number of hydroxylamine groups is 3. The van der Waals surface area contributed by atoms with Gasteiger partial charge in [0.15, 0.2) is 6.10 Å². The van der Waals surface area contributed by atoms with E-state index in [1.807, 2.05) is 0 Å². The predicted molar refractivity (Wildman–Crippen MR) is 99.2 cm³/mol. The highest BCUT2D eigenvalue weighted by Crippen LogP contribution is 2.42. The molecule has 0 saturated carbocycles. The molecule has 0 radical (unpaired) electrons. The van der Waals surface area contributed by atoms with Crippen LogP contribution in [0, 0.1) is 17.0 Å². The smallest absolute Gasteiger partial charge is 0.320 e. The van der Waals surface area contributed by atoms with Crippen molar-refractivity contribution in [2.45, 2.75) is 58.5 Å². The molecule has 0 amide bonds. The number of cyclic esters (lactones) is 1. The Bertz CT molecular complexity index is 789. The average Bonchev–Trinajstić information content (AvgIpc) is 3.21. The first kappa shape index (κ1) is 21.5. The third-order valence-electron chi connectivity index (χ3n) is 6.20. The van der Waals surface area contributed by atoms with Crippen LogP contribution in [-0.2, 0) is 28.6 Å². The van der Waals surface area contributed by atoms with Gasteiger partial charge in [0, 0.05) is 12.0 Å². The monoisotopic (exact) mass is 409 g/mol. The molecule has 2 fully saturated rings. The molecule has 3 heterocycles. The van der Waals surface area contributed by atoms with Gasteiger partial charge in [0.1, 0.15) is 23.6 Å². The number of aliphatic hydroxyl groups is 1. The zero-order valence-electron chi connectivity index (χ0n) is 17.0. The summed E-state index contributed by atoms with van der Waals surface area (Å²) in [6.45, 7) is 6.68. The summed E-state index contributed by atoms with van der Waals surface area (Å²) in [4.78, 5) is 36.7. The van der Waals surface area contributed by atoms with E-state index in [9.17, 15) is 24.7 Å². The van der Waals surface area contributed by atoms with E-state index in [2.05, 4.69) is 0 Å². The first-order chi connectivity index (χ1) is 13.5. The number of carbonyl (C=O) groups is 3. The van der Waals surface area contributed by atoms with Crippen molar-refractivity contribution >= 4 is 17.9 Å². The second-order valence-electron chi connectivity index (χ2n) is 8.00. The van der Waals surface area contributed by atoms with Crippen LogP contribution in [0.3, 0.4) is 0 Å². The molecule has 0 aliphatic carbocycles. The molecule has 9 heteroatoms. The maximum Gasteiger partial charge on any atom is 0.320 e. The highest BCUT2D eigenvalue weighted by atomic mass is 16.7. The number of quaternary nitrogens is 1. The Morgan fingerprint density at radius 3 is 2.72 bits per heavy atom. The van der Waals surface area contributed by atoms with E-state index in [1.165, 1.54) is 13.8 Å². The fourth-order valence-electron chi connectivity index (χ4n) is 4.30. The fourth-order valence-corrected chi connectivity index (χ4v) is 4.30. The molecule has 3 rings (SSSR count). The van der Waals surface area contributed by atoms with E-state index in [0.717, 1.165) is 0 Å². The second kappa shape index (κ2) is 7.55. The summed E-state index contributed by atoms with van der Waals surface area (Å²) in [6, 6.07) is -0.717. The van der Waals surface area contributed by atoms with E-state index < -0.39 is 52.3 Å². The van der Waals surface area contributed by atoms with E-state index >= 15 is 0 Å². The standard InChI is InChI=1S/C20H27NO8/c1-5-11(2)27-19(24)15-7-9-21(26)8-6-14(17(15)21)10-16(22)29-20(25)12(3)18(23)28-13(20)4/h5-6,12-13,15,17,25H,7-10H2,1-4H3. The Morgan fingerprint density at radius 2 is 2.14 bits per heavy atom. The first-order valence-electron chi connectivity index (χ1n) is 9.78. The third-order valence-corrected chi connectivity index (χ3v) is 6.20. The summed E-state index contributed by atoms with van der Waals surface area (Å²) in [7, 11) is 0. The summed E-state index contributed by atoms with van der Waals surface area (Å²) in [6.07, 6.45) is 2.43. The highest BCUT2D eigenvalue weighted by Gasteiger charge is 2.56. The Morgan fingerprint density at radius 1 is 1.45 bits per heavy atom. The molecular weight excluding hydrogens is 382 g/mol. The van der Waals surface area contributed by atoms with Gasteiger partial charge in [-0.25, -0.2) is 0 Å². The van der Waals surface area contributed by atoms with Crippen molar-refractivity contribution in [1.29, 1.82) is 0 Å². The summed E-state index contributed by atoms with van der Waals surface area (Å²) >= 11 is 0. The summed E-state index contributed by atoms with van der Waals surface area (Å²) in [5, 5.41) is 23.7. The third kappa shape index (κ3) is 3.70. The van der Waals surface area contributed by atoms with Crippen LogP contribution in [0.15, 0.2) is 23.5 Å². The maximum atomic E-state index is 13.1. The minimum absolute atomic E-state index is 0.165. The Labute approximate surface area is 169 Å². The lowest BCUT2D eigenvalue weighted by molar-refractivity contribution is -0.877. The fraction of sp³-hybridized carbons (Fsp3) is 0.650. The molecule has 0 bridgehead atoms. The lowest BCUT2D eigenvalue weighted by atomic mass is 9.93. The summed E-state index contributed by atoms with van der Waals surface area (Å²) < 4.78 is 14.8. The molecule has 2 saturated heterocycles. The van der Waals surface area contributed by atoms with Gasteiger partial charge in [0.05, 0.1) is 19.5 Å². The molecule has 3 aliphatic heterocycles. The van der Waals surface area contributed by atoms with Gasteiger partial charge in [-0.3, -0.25) is 14.4 Å². The van der Waals surface area contributed by atoms with Crippen LogP contribution >= 0.6 is 0 Å². The lowest BCUT2D eigenvalue weighted by Gasteiger charge is -2.41. The van der Waals surface area contributed by atoms with Gasteiger partial charge in [-0.15, -0.1) is 0 Å². The van der Waals surface area contributed by atoms with Gasteiger partial charge in [0.2, 0.25) is 0 Å². The van der Waals surface area contributed by atoms with E-state index in [4.69, 9.17) is 14.2 Å². The number of esters is 3. The number of ether oxygens (including phenoxy) is 3. The molecule has 6 unspecified atom stereocenters. The minimum atomic E-state index is -2.06. The molecule has 160 valence electrons. The van der Waals surface area contributed by atoms with Gasteiger partial charge in [-0.1, -0.05) is 0 Å². The number of allylic oxidation sites excluding steroid dienone is 2. The molecule has 29 heavy (non-hydrogen) atoms. The van der Waals surface area contributed by atoms with Gasteiger partial charge in [0.25, 0.3) is 5.79 Å². The van der Waals surface area contributed by atoms with Gasteiger partial charge in [-0.05, 0) is 39.8 Å². The van der Waals surface area contributed by atoms with Crippen LogP contribution in [-0.4, -0.2) is 58.7 Å². The van der Waals surface area contributed by atoms with E-state index in [-0.39, 0.29) is 19.5 Å². The zero-order chi connectivity index (χ0) is 21.6. The SMILES string of the molecule is CC=C(C)OC(=O)C1CC[N+]2([O-])CC=C(CC(=O)OC3(O)C(C)OC(=O)C3C)C12. The molecule has 9 nitrogen and oxygen atoms in total. The Kier molecular flexibility index (Phi) is 5.59. The topological polar surface area (TPSA) is 122 Å². The number of carbonyl (C=O) groups excluding carboxylic acids is 3. The number of fused-ring (bicyclic) bond motifs is 1. The van der Waals surface area contributed by atoms with Crippen LogP contribution in [0.1, 0.15) is 40.5 Å². The zero-order valence-corrected chi connectivity index (χ0v) is 17.0. The molecule has 0 aromatic carbocycles. The predicted octanol–water partition coefficient (Wildman–Crippen LogP) is 1.30. The molecule has 0 aromatic rings. The summed E-state index contributed by atoms with van der Waals surface area (Å²) in [5.41, 5.74) is 0.497. The Balaban J connectivity index is 1.71. The van der Waals surface area contributed by atoms with Gasteiger partial charge < -0.3 is 29.2 Å². The van der Waals surface area contributed by atoms with Crippen LogP contribution < -0.4 is 0 Å². The van der Waals surface area contributed by atoms with Crippen LogP contribution in [0.4, 0.5) is 0 Å². The van der Waals surface area contributed by atoms with E-state index in [0.29, 0.717) is 17.8 Å². The normalized spacial score (nSPS) is 39.0. The highest BCUT2D eigenvalue weighted by molar-refractivity contribution is 5.79. The van der Waals surface area contributed by atoms with Crippen LogP contribution in [0.5, 0.6) is 0 Å². The molecular formula is C20H27NO8. The first-order valence-corrected chi connectivity index (χ1v) is 9.78. The molecule has 3 aliphatic rings. The van der Waals surface area contributed by atoms with Crippen molar-refractivity contribution in [2.24, 2.45) is 11.8 Å². The van der Waals surface area contributed by atoms with Crippen molar-refractivity contribution in [2.75, 3.05) is 13.1 Å². The van der Waals surface area contributed by atoms with Gasteiger partial charge in [-0.2, -0.15) is 0 Å². The summed E-state index contributed by atoms with van der Waals surface area (Å²) in [5.74, 6) is -5.21. The number of hydrogen-bond donors (Lipinski definition) is 1. The Hall–Kier alpha value is -2.23. The van der Waals surface area contributed by atoms with Crippen LogP contribution in [0.2, 0.25) is 0 Å². The molecule has 6 atom stereocenters. The maximum absolute atomic E-state index is 13.1. The molecule has 0 spiro atoms. The minimum Gasteiger partial charge on any atom is -0.632 e. The van der Waals surface area contributed by atoms with Crippen molar-refractivity contribution in [1.82, 2.24) is 0 Å². The van der Waals surface area contributed by atoms with E-state index in [1.54, 1.807) is 26.0 Å². The molecule has 1 N–H and O–H groups in total. The van der Waals surface area contributed by atoms with Crippen molar-refractivity contribution in [3.05, 3.63) is 28.7 Å². The number of rotatable bonds is 5. The molecule has 0 aromatic heterocycles. The van der Waals surface area contributed by atoms with Crippen molar-refractivity contribution in [3.8, 4) is 0 Å². The van der Waals surface area contributed by atoms with Crippen LogP contribution in [0.25, 0.3) is 0 Å². The van der Waals surface area contributed by atoms with Crippen molar-refractivity contribution < 1.29 is 38.3 Å². The second-order valence-corrected chi connectivity index (χ2v) is 8.00. The quantitative estimate of drug-likeness (QED) is 0.137. The lowest BCUT2D eigenvalue weighted by Crippen LogP contribution is -2.48. The number of nitrogens with zero attached hydrogens (tertiary/aromatic N) is 1.